The lowest BCUT2D eigenvalue weighted by Gasteiger charge is -2.14. The van der Waals surface area contributed by atoms with Crippen LogP contribution in [0.2, 0.25) is 0 Å². The van der Waals surface area contributed by atoms with Gasteiger partial charge in [0.2, 0.25) is 5.95 Å². The van der Waals surface area contributed by atoms with E-state index in [9.17, 15) is 4.57 Å². The summed E-state index contributed by atoms with van der Waals surface area (Å²) in [5, 5.41) is 0. The van der Waals surface area contributed by atoms with Gasteiger partial charge in [0, 0.05) is 0 Å². The number of aromatic nitrogens is 4. The zero-order chi connectivity index (χ0) is 10.2. The number of phosphoric ester groups is 1. The summed E-state index contributed by atoms with van der Waals surface area (Å²) in [6, 6.07) is 0.0342. The summed E-state index contributed by atoms with van der Waals surface area (Å²) in [5.41, 5.74) is 6.06. The zero-order valence-corrected chi connectivity index (χ0v) is 7.84. The lowest BCUT2D eigenvalue weighted by molar-refractivity contribution is 0.237. The Labute approximate surface area is 81.4 Å². The highest BCUT2D eigenvalue weighted by atomic mass is 31.2. The molecule has 0 spiro atoms. The second kappa shape index (κ2) is 1.84. The molecule has 76 valence electrons. The molecule has 1 atom stereocenters. The van der Waals surface area contributed by atoms with Crippen molar-refractivity contribution in [3.8, 4) is 11.9 Å². The highest BCUT2D eigenvalue weighted by Gasteiger charge is 2.49. The van der Waals surface area contributed by atoms with Crippen molar-refractivity contribution in [3.05, 3.63) is 0 Å². The molecule has 0 radical (unpaired) electrons. The molecule has 2 aliphatic heterocycles. The van der Waals surface area contributed by atoms with Gasteiger partial charge in [-0.15, -0.1) is 4.73 Å². The van der Waals surface area contributed by atoms with Gasteiger partial charge >= 0.3 is 13.8 Å². The minimum Gasteiger partial charge on any atom is -0.368 e. The van der Waals surface area contributed by atoms with Crippen LogP contribution in [0, 0.1) is 0 Å². The lowest BCUT2D eigenvalue weighted by Crippen LogP contribution is -2.14. The third-order valence-electron chi connectivity index (χ3n) is 2.00. The number of nitrogen functional groups attached to an aromatic ring is 1. The molecule has 9 nitrogen and oxygen atoms in total. The van der Waals surface area contributed by atoms with Crippen LogP contribution < -0.4 is 19.4 Å². The number of fused-ring (bicyclic) bond motifs is 1. The van der Waals surface area contributed by atoms with Gasteiger partial charge in [-0.2, -0.15) is 19.5 Å². The van der Waals surface area contributed by atoms with Crippen molar-refractivity contribution in [2.45, 2.75) is 0 Å². The molecule has 0 saturated heterocycles. The molecule has 0 saturated carbocycles. The molecule has 2 aromatic rings. The van der Waals surface area contributed by atoms with E-state index in [-0.39, 0.29) is 23.5 Å². The Balaban J connectivity index is 2.25. The SMILES string of the molecule is Nc1nc2c3c(n1)nc1n3OP(=O)(O2)O1. The highest BCUT2D eigenvalue weighted by Crippen LogP contribution is 2.56. The van der Waals surface area contributed by atoms with Gasteiger partial charge in [-0.25, -0.2) is 0 Å². The number of phosphoric acid groups is 1. The van der Waals surface area contributed by atoms with Crippen LogP contribution in [0.5, 0.6) is 11.9 Å². The fraction of sp³-hybridized carbons (Fsp3) is 0. The quantitative estimate of drug-likeness (QED) is 0.611. The van der Waals surface area contributed by atoms with Crippen molar-refractivity contribution in [2.75, 3.05) is 5.73 Å². The van der Waals surface area contributed by atoms with E-state index in [1.807, 2.05) is 0 Å². The van der Waals surface area contributed by atoms with E-state index < -0.39 is 7.82 Å². The van der Waals surface area contributed by atoms with Crippen molar-refractivity contribution >= 4 is 24.9 Å². The molecule has 2 bridgehead atoms. The van der Waals surface area contributed by atoms with Crippen LogP contribution in [0.1, 0.15) is 0 Å². The molecule has 1 unspecified atom stereocenters. The normalized spacial score (nSPS) is 25.1. The molecule has 2 aliphatic rings. The van der Waals surface area contributed by atoms with Crippen molar-refractivity contribution in [3.63, 3.8) is 0 Å². The fourth-order valence-electron chi connectivity index (χ4n) is 1.48. The van der Waals surface area contributed by atoms with E-state index in [0.717, 1.165) is 4.73 Å². The average Bonchev–Trinajstić information content (AvgIpc) is 2.53. The van der Waals surface area contributed by atoms with Crippen LogP contribution in [0.15, 0.2) is 0 Å². The Morgan fingerprint density at radius 2 is 2.13 bits per heavy atom. The topological polar surface area (TPSA) is 114 Å². The lowest BCUT2D eigenvalue weighted by atomic mass is 10.5. The fourth-order valence-corrected chi connectivity index (χ4v) is 2.59. The summed E-state index contributed by atoms with van der Waals surface area (Å²) in [5.74, 6) is 0.0485. The van der Waals surface area contributed by atoms with Gasteiger partial charge in [-0.1, -0.05) is 0 Å². The third kappa shape index (κ3) is 0.711. The van der Waals surface area contributed by atoms with Crippen molar-refractivity contribution in [1.29, 1.82) is 0 Å². The predicted molar refractivity (Wildman–Crippen MR) is 45.2 cm³/mol. The van der Waals surface area contributed by atoms with Crippen molar-refractivity contribution < 1.29 is 18.2 Å². The third-order valence-corrected chi connectivity index (χ3v) is 3.15. The van der Waals surface area contributed by atoms with Crippen LogP contribution in [0.3, 0.4) is 0 Å². The summed E-state index contributed by atoms with van der Waals surface area (Å²) < 4.78 is 27.6. The minimum atomic E-state index is -3.63. The smallest absolute Gasteiger partial charge is 0.368 e. The maximum Gasteiger partial charge on any atom is 0.670 e. The first-order chi connectivity index (χ1) is 7.15. The van der Waals surface area contributed by atoms with Gasteiger partial charge < -0.3 is 14.8 Å². The molecule has 0 amide bonds. The highest BCUT2D eigenvalue weighted by molar-refractivity contribution is 7.49. The largest absolute Gasteiger partial charge is 0.670 e. The molecule has 4 rings (SSSR count). The number of nitrogens with two attached hydrogens (primary N) is 1. The minimum absolute atomic E-state index is 0.0101. The molecule has 0 aromatic carbocycles. The van der Waals surface area contributed by atoms with E-state index in [4.69, 9.17) is 19.4 Å². The molecule has 2 N–H and O–H groups in total. The maximum absolute atomic E-state index is 11.7. The van der Waals surface area contributed by atoms with Gasteiger partial charge in [-0.3, -0.25) is 4.62 Å². The summed E-state index contributed by atoms with van der Waals surface area (Å²) in [7, 11) is -3.63. The summed E-state index contributed by atoms with van der Waals surface area (Å²) in [6.07, 6.45) is 0. The second-order valence-corrected chi connectivity index (χ2v) is 4.38. The van der Waals surface area contributed by atoms with E-state index in [2.05, 4.69) is 15.0 Å². The van der Waals surface area contributed by atoms with Gasteiger partial charge in [0.25, 0.3) is 5.88 Å². The van der Waals surface area contributed by atoms with Gasteiger partial charge in [0.15, 0.2) is 11.2 Å². The summed E-state index contributed by atoms with van der Waals surface area (Å²) in [4.78, 5) is 11.6. The number of rotatable bonds is 0. The maximum atomic E-state index is 11.7. The first-order valence-corrected chi connectivity index (χ1v) is 5.36. The molecule has 0 fully saturated rings. The monoisotopic (exact) mass is 227 g/mol. The Morgan fingerprint density at radius 3 is 3.00 bits per heavy atom. The zero-order valence-electron chi connectivity index (χ0n) is 6.95. The molecular formula is C5H2N5O4P. The number of hydrogen-bond donors (Lipinski definition) is 1. The van der Waals surface area contributed by atoms with Gasteiger partial charge in [0.05, 0.1) is 0 Å². The number of imidazole rings is 1. The summed E-state index contributed by atoms with van der Waals surface area (Å²) in [6.45, 7) is 0. The summed E-state index contributed by atoms with van der Waals surface area (Å²) >= 11 is 0. The predicted octanol–water partition coefficient (Wildman–Crippen LogP) is -0.270. The van der Waals surface area contributed by atoms with E-state index in [1.54, 1.807) is 0 Å². The van der Waals surface area contributed by atoms with E-state index >= 15 is 0 Å². The first-order valence-electron chi connectivity index (χ1n) is 3.90. The Hall–Kier alpha value is -2.02. The van der Waals surface area contributed by atoms with Crippen molar-refractivity contribution in [1.82, 2.24) is 19.7 Å². The standard InChI is InChI=1S/C5H2N5O4P/c6-4-7-2-1-3(9-4)12-15(11)13-5(8-2)10(1)14-15/h(H2,6,7,9). The van der Waals surface area contributed by atoms with Gasteiger partial charge in [0.1, 0.15) is 0 Å². The molecule has 15 heavy (non-hydrogen) atoms. The second-order valence-electron chi connectivity index (χ2n) is 2.96. The Bertz CT molecular complexity index is 665. The van der Waals surface area contributed by atoms with Gasteiger partial charge in [-0.05, 0) is 0 Å². The van der Waals surface area contributed by atoms with Crippen LogP contribution in [-0.2, 0) is 4.57 Å². The molecule has 10 heteroatoms. The van der Waals surface area contributed by atoms with Crippen LogP contribution in [0.4, 0.5) is 5.95 Å². The number of nitrogens with zero attached hydrogens (tertiary/aromatic N) is 4. The molecule has 4 heterocycles. The number of anilines is 1. The first kappa shape index (κ1) is 7.30. The molecule has 2 aromatic heterocycles. The van der Waals surface area contributed by atoms with E-state index in [1.165, 1.54) is 0 Å². The van der Waals surface area contributed by atoms with E-state index in [0.29, 0.717) is 5.52 Å². The number of hydrogen-bond acceptors (Lipinski definition) is 8. The van der Waals surface area contributed by atoms with Crippen LogP contribution in [-0.4, -0.2) is 19.7 Å². The van der Waals surface area contributed by atoms with Crippen LogP contribution in [0.25, 0.3) is 11.2 Å². The molecule has 0 aliphatic carbocycles. The van der Waals surface area contributed by atoms with Crippen LogP contribution >= 0.6 is 7.82 Å². The Kier molecular flexibility index (Phi) is 0.897. The average molecular weight is 227 g/mol. The molecular weight excluding hydrogens is 225 g/mol. The Morgan fingerprint density at radius 1 is 1.27 bits per heavy atom. The van der Waals surface area contributed by atoms with Crippen molar-refractivity contribution in [2.24, 2.45) is 0 Å².